The number of rotatable bonds is 7. The van der Waals surface area contributed by atoms with Crippen LogP contribution in [-0.4, -0.2) is 19.7 Å². The molecule has 0 spiro atoms. The second-order valence-electron chi connectivity index (χ2n) is 1.83. The van der Waals surface area contributed by atoms with Crippen LogP contribution in [0.15, 0.2) is 0 Å². The maximum Gasteiger partial charge on any atom is 0.716 e. The Morgan fingerprint density at radius 3 is 2.91 bits per heavy atom. The normalized spacial score (nSPS) is 11.6. The van der Waals surface area contributed by atoms with Crippen LogP contribution in [-0.2, 0) is 13.7 Å². The van der Waals surface area contributed by atoms with Crippen molar-refractivity contribution < 1.29 is 13.7 Å². The van der Waals surface area contributed by atoms with Crippen LogP contribution in [0, 0.1) is 0 Å². The molecular formula is C5H14N2O3P+. The standard InChI is InChI=1S/C5H14N2O3P/c1-2-5-9-11(8)10-7-4-3-6/h7H,2-6H2,1H3/q+1. The van der Waals surface area contributed by atoms with Crippen molar-refractivity contribution in [1.29, 1.82) is 0 Å². The minimum Gasteiger partial charge on any atom is -0.329 e. The first kappa shape index (κ1) is 10.9. The largest absolute Gasteiger partial charge is 0.716 e. The molecule has 0 saturated heterocycles. The van der Waals surface area contributed by atoms with Gasteiger partial charge in [0, 0.05) is 17.7 Å². The van der Waals surface area contributed by atoms with E-state index >= 15 is 0 Å². The van der Waals surface area contributed by atoms with Gasteiger partial charge in [0.2, 0.25) is 0 Å². The molecule has 11 heavy (non-hydrogen) atoms. The Morgan fingerprint density at radius 1 is 1.64 bits per heavy atom. The molecule has 0 aromatic carbocycles. The summed E-state index contributed by atoms with van der Waals surface area (Å²) in [5.74, 6) is 0. The molecule has 0 amide bonds. The van der Waals surface area contributed by atoms with E-state index in [1.807, 2.05) is 6.92 Å². The third kappa shape index (κ3) is 7.84. The Hall–Kier alpha value is -0.0600. The molecule has 0 aromatic rings. The van der Waals surface area contributed by atoms with E-state index in [4.69, 9.17) is 10.3 Å². The fraction of sp³-hybridized carbons (Fsp3) is 1.00. The SMILES string of the molecule is CCCO[P+](=O)ONCCN. The molecule has 0 aliphatic heterocycles. The molecule has 0 aliphatic rings. The highest BCUT2D eigenvalue weighted by molar-refractivity contribution is 7.33. The van der Waals surface area contributed by atoms with Gasteiger partial charge < -0.3 is 5.73 Å². The summed E-state index contributed by atoms with van der Waals surface area (Å²) < 4.78 is 19.9. The second-order valence-corrected chi connectivity index (χ2v) is 2.72. The number of nitrogens with one attached hydrogen (secondary N) is 1. The number of hydroxylamine groups is 1. The zero-order chi connectivity index (χ0) is 8.53. The van der Waals surface area contributed by atoms with Gasteiger partial charge in [-0.1, -0.05) is 6.92 Å². The first-order chi connectivity index (χ1) is 5.31. The summed E-state index contributed by atoms with van der Waals surface area (Å²) in [5.41, 5.74) is 7.55. The zero-order valence-corrected chi connectivity index (χ0v) is 7.47. The van der Waals surface area contributed by atoms with Gasteiger partial charge in [-0.05, 0) is 11.0 Å². The third-order valence-corrected chi connectivity index (χ3v) is 1.46. The van der Waals surface area contributed by atoms with Crippen LogP contribution < -0.4 is 11.2 Å². The van der Waals surface area contributed by atoms with E-state index in [0.717, 1.165) is 6.42 Å². The summed E-state index contributed by atoms with van der Waals surface area (Å²) in [7, 11) is -2.01. The average Bonchev–Trinajstić information content (AvgIpc) is 2.01. The van der Waals surface area contributed by atoms with Crippen molar-refractivity contribution in [3.63, 3.8) is 0 Å². The zero-order valence-electron chi connectivity index (χ0n) is 6.58. The molecule has 66 valence electrons. The van der Waals surface area contributed by atoms with E-state index in [1.54, 1.807) is 0 Å². The van der Waals surface area contributed by atoms with Crippen molar-refractivity contribution in [3.05, 3.63) is 0 Å². The topological polar surface area (TPSA) is 73.6 Å². The summed E-state index contributed by atoms with van der Waals surface area (Å²) in [4.78, 5) is 0. The summed E-state index contributed by atoms with van der Waals surface area (Å²) in [5, 5.41) is 0. The molecule has 0 radical (unpaired) electrons. The van der Waals surface area contributed by atoms with E-state index in [0.29, 0.717) is 19.7 Å². The van der Waals surface area contributed by atoms with Crippen LogP contribution >= 0.6 is 8.25 Å². The molecule has 0 heterocycles. The van der Waals surface area contributed by atoms with Gasteiger partial charge in [0.05, 0.1) is 0 Å². The summed E-state index contributed by atoms with van der Waals surface area (Å²) in [6.45, 7) is 3.28. The van der Waals surface area contributed by atoms with Crippen LogP contribution in [0.1, 0.15) is 13.3 Å². The van der Waals surface area contributed by atoms with Gasteiger partial charge in [-0.25, -0.2) is 0 Å². The van der Waals surface area contributed by atoms with Crippen molar-refractivity contribution >= 4 is 8.25 Å². The Labute approximate surface area is 67.1 Å². The van der Waals surface area contributed by atoms with Crippen LogP contribution in [0.25, 0.3) is 0 Å². The van der Waals surface area contributed by atoms with Gasteiger partial charge in [-0.2, -0.15) is 0 Å². The first-order valence-corrected chi connectivity index (χ1v) is 4.60. The third-order valence-electron chi connectivity index (χ3n) is 0.786. The van der Waals surface area contributed by atoms with Crippen LogP contribution in [0.4, 0.5) is 0 Å². The summed E-state index contributed by atoms with van der Waals surface area (Å²) in [6, 6.07) is 0. The lowest BCUT2D eigenvalue weighted by atomic mass is 10.5. The molecule has 0 fully saturated rings. The van der Waals surface area contributed by atoms with Crippen LogP contribution in [0.3, 0.4) is 0 Å². The fourth-order valence-electron chi connectivity index (χ4n) is 0.349. The molecule has 1 atom stereocenters. The highest BCUT2D eigenvalue weighted by Crippen LogP contribution is 2.21. The second kappa shape index (κ2) is 8.04. The Kier molecular flexibility index (Phi) is 8.00. The maximum atomic E-state index is 10.7. The quantitative estimate of drug-likeness (QED) is 0.341. The summed E-state index contributed by atoms with van der Waals surface area (Å²) >= 11 is 0. The van der Waals surface area contributed by atoms with Crippen LogP contribution in [0.5, 0.6) is 0 Å². The van der Waals surface area contributed by atoms with E-state index < -0.39 is 8.25 Å². The van der Waals surface area contributed by atoms with Gasteiger partial charge in [-0.15, -0.1) is 10.0 Å². The molecule has 0 aliphatic carbocycles. The van der Waals surface area contributed by atoms with Gasteiger partial charge in [0.15, 0.2) is 0 Å². The maximum absolute atomic E-state index is 10.7. The van der Waals surface area contributed by atoms with E-state index in [-0.39, 0.29) is 0 Å². The molecule has 0 aromatic heterocycles. The number of nitrogens with two attached hydrogens (primary N) is 1. The Balaban J connectivity index is 3.09. The van der Waals surface area contributed by atoms with Crippen molar-refractivity contribution in [3.8, 4) is 0 Å². The minimum absolute atomic E-state index is 0.441. The first-order valence-electron chi connectivity index (χ1n) is 3.51. The van der Waals surface area contributed by atoms with Gasteiger partial charge >= 0.3 is 8.25 Å². The van der Waals surface area contributed by atoms with Crippen molar-refractivity contribution in [2.24, 2.45) is 5.73 Å². The number of hydrogen-bond acceptors (Lipinski definition) is 5. The van der Waals surface area contributed by atoms with E-state index in [1.165, 1.54) is 0 Å². The lowest BCUT2D eigenvalue weighted by Crippen LogP contribution is -2.20. The van der Waals surface area contributed by atoms with Gasteiger partial charge in [-0.3, -0.25) is 0 Å². The minimum atomic E-state index is -2.01. The Morgan fingerprint density at radius 2 is 2.36 bits per heavy atom. The van der Waals surface area contributed by atoms with Gasteiger partial charge in [0.25, 0.3) is 0 Å². The predicted molar refractivity (Wildman–Crippen MR) is 42.0 cm³/mol. The molecule has 0 rings (SSSR count). The fourth-order valence-corrected chi connectivity index (χ4v) is 0.930. The van der Waals surface area contributed by atoms with Crippen molar-refractivity contribution in [2.45, 2.75) is 13.3 Å². The van der Waals surface area contributed by atoms with Gasteiger partial charge in [0.1, 0.15) is 6.61 Å². The monoisotopic (exact) mass is 181 g/mol. The highest BCUT2D eigenvalue weighted by atomic mass is 31.1. The van der Waals surface area contributed by atoms with Crippen LogP contribution in [0.2, 0.25) is 0 Å². The van der Waals surface area contributed by atoms with E-state index in [2.05, 4.69) is 10.1 Å². The Bertz CT molecular complexity index is 112. The number of hydrogen-bond donors (Lipinski definition) is 2. The summed E-state index contributed by atoms with van der Waals surface area (Å²) in [6.07, 6.45) is 0.821. The smallest absolute Gasteiger partial charge is 0.329 e. The molecule has 5 nitrogen and oxygen atoms in total. The molecule has 3 N–H and O–H groups in total. The van der Waals surface area contributed by atoms with E-state index in [9.17, 15) is 4.57 Å². The predicted octanol–water partition coefficient (Wildman–Crippen LogP) is 0.550. The molecular weight excluding hydrogens is 167 g/mol. The lowest BCUT2D eigenvalue weighted by molar-refractivity contribution is 0.159. The molecule has 1 unspecified atom stereocenters. The van der Waals surface area contributed by atoms with Crippen molar-refractivity contribution in [1.82, 2.24) is 5.48 Å². The highest BCUT2D eigenvalue weighted by Gasteiger charge is 2.18. The molecule has 0 saturated carbocycles. The lowest BCUT2D eigenvalue weighted by Gasteiger charge is -1.90. The average molecular weight is 181 g/mol. The van der Waals surface area contributed by atoms with Crippen molar-refractivity contribution in [2.75, 3.05) is 19.7 Å². The molecule has 0 bridgehead atoms. The molecule has 6 heteroatoms.